The summed E-state index contributed by atoms with van der Waals surface area (Å²) < 4.78 is 0.923. The van der Waals surface area contributed by atoms with Gasteiger partial charge in [0.05, 0.1) is 12.2 Å². The quantitative estimate of drug-likeness (QED) is 0.854. The van der Waals surface area contributed by atoms with Crippen LogP contribution < -0.4 is 5.32 Å². The van der Waals surface area contributed by atoms with Crippen molar-refractivity contribution in [1.82, 2.24) is 4.90 Å². The van der Waals surface area contributed by atoms with Crippen molar-refractivity contribution in [1.29, 1.82) is 0 Å². The number of halogens is 1. The maximum absolute atomic E-state index is 12.4. The van der Waals surface area contributed by atoms with Gasteiger partial charge in [0.1, 0.15) is 0 Å². The highest BCUT2D eigenvalue weighted by molar-refractivity contribution is 9.10. The number of carbonyl (C=O) groups excluding carboxylic acids is 1. The number of nitrogens with zero attached hydrogens (tertiary/aromatic N) is 1. The lowest BCUT2D eigenvalue weighted by Gasteiger charge is -2.24. The summed E-state index contributed by atoms with van der Waals surface area (Å²) in [5.74, 6) is 0.0392. The summed E-state index contributed by atoms with van der Waals surface area (Å²) in [5, 5.41) is 3.01. The number of hydrogen-bond donors (Lipinski definition) is 1. The van der Waals surface area contributed by atoms with Crippen LogP contribution in [-0.4, -0.2) is 23.9 Å². The molecule has 0 spiro atoms. The van der Waals surface area contributed by atoms with E-state index in [1.54, 1.807) is 0 Å². The van der Waals surface area contributed by atoms with Crippen molar-refractivity contribution in [2.24, 2.45) is 0 Å². The monoisotopic (exact) mass is 372 g/mol. The smallest absolute Gasteiger partial charge is 0.238 e. The summed E-state index contributed by atoms with van der Waals surface area (Å²) in [5.41, 5.74) is 3.30. The van der Waals surface area contributed by atoms with Crippen molar-refractivity contribution >= 4 is 27.5 Å². The van der Waals surface area contributed by atoms with Crippen LogP contribution in [0.2, 0.25) is 0 Å². The van der Waals surface area contributed by atoms with E-state index in [2.05, 4.69) is 50.4 Å². The Bertz CT molecular complexity index is 687. The molecule has 0 bridgehead atoms. The Morgan fingerprint density at radius 1 is 1.26 bits per heavy atom. The Morgan fingerprint density at radius 2 is 2.04 bits per heavy atom. The number of anilines is 1. The lowest BCUT2D eigenvalue weighted by atomic mass is 10.0. The largest absolute Gasteiger partial charge is 0.324 e. The van der Waals surface area contributed by atoms with E-state index in [1.807, 2.05) is 31.2 Å². The van der Waals surface area contributed by atoms with E-state index in [4.69, 9.17) is 0 Å². The number of benzene rings is 2. The molecule has 1 saturated heterocycles. The minimum atomic E-state index is 0.0392. The summed E-state index contributed by atoms with van der Waals surface area (Å²) in [6, 6.07) is 16.8. The van der Waals surface area contributed by atoms with Gasteiger partial charge in [-0.05, 0) is 65.5 Å². The van der Waals surface area contributed by atoms with Crippen LogP contribution in [0, 0.1) is 6.92 Å². The zero-order chi connectivity index (χ0) is 16.2. The van der Waals surface area contributed by atoms with Crippen LogP contribution in [0.15, 0.2) is 53.0 Å². The van der Waals surface area contributed by atoms with Gasteiger partial charge < -0.3 is 5.32 Å². The van der Waals surface area contributed by atoms with E-state index in [-0.39, 0.29) is 5.91 Å². The van der Waals surface area contributed by atoms with Gasteiger partial charge in [-0.1, -0.05) is 36.4 Å². The van der Waals surface area contributed by atoms with Crippen molar-refractivity contribution in [3.63, 3.8) is 0 Å². The second-order valence-electron chi connectivity index (χ2n) is 6.07. The maximum atomic E-state index is 12.4. The van der Waals surface area contributed by atoms with Gasteiger partial charge in [-0.25, -0.2) is 0 Å². The fraction of sp³-hybridized carbons (Fsp3) is 0.316. The van der Waals surface area contributed by atoms with Crippen molar-refractivity contribution in [3.8, 4) is 0 Å². The Hall–Kier alpha value is -1.65. The molecule has 3 nitrogen and oxygen atoms in total. The van der Waals surface area contributed by atoms with Crippen molar-refractivity contribution < 1.29 is 4.79 Å². The fourth-order valence-corrected chi connectivity index (χ4v) is 3.76. The van der Waals surface area contributed by atoms with Crippen LogP contribution in [0.25, 0.3) is 0 Å². The van der Waals surface area contributed by atoms with Gasteiger partial charge >= 0.3 is 0 Å². The molecule has 1 N–H and O–H groups in total. The Kier molecular flexibility index (Phi) is 5.13. The van der Waals surface area contributed by atoms with Crippen LogP contribution >= 0.6 is 15.9 Å². The number of likely N-dealkylation sites (tertiary alicyclic amines) is 1. The van der Waals surface area contributed by atoms with Crippen molar-refractivity contribution in [3.05, 3.63) is 64.1 Å². The van der Waals surface area contributed by atoms with Gasteiger partial charge in [0.25, 0.3) is 0 Å². The Morgan fingerprint density at radius 3 is 2.78 bits per heavy atom. The summed E-state index contributed by atoms with van der Waals surface area (Å²) in [4.78, 5) is 14.7. The maximum Gasteiger partial charge on any atom is 0.238 e. The average molecular weight is 373 g/mol. The molecule has 1 fully saturated rings. The first kappa shape index (κ1) is 16.2. The topological polar surface area (TPSA) is 32.3 Å². The summed E-state index contributed by atoms with van der Waals surface area (Å²) in [6.45, 7) is 3.44. The first-order valence-corrected chi connectivity index (χ1v) is 8.78. The molecular formula is C19H21BrN2O. The molecule has 23 heavy (non-hydrogen) atoms. The van der Waals surface area contributed by atoms with E-state index in [9.17, 15) is 4.79 Å². The second-order valence-corrected chi connectivity index (χ2v) is 6.92. The molecule has 0 aromatic heterocycles. The molecule has 1 heterocycles. The third-order valence-electron chi connectivity index (χ3n) is 4.29. The highest BCUT2D eigenvalue weighted by Crippen LogP contribution is 2.31. The molecular weight excluding hydrogens is 352 g/mol. The third-order valence-corrected chi connectivity index (χ3v) is 4.95. The third kappa shape index (κ3) is 4.01. The SMILES string of the molecule is Cc1ccc(NC(=O)CN2CCCC2c2ccccc2)c(Br)c1. The molecule has 2 aromatic carbocycles. The van der Waals surface area contributed by atoms with Gasteiger partial charge in [-0.15, -0.1) is 0 Å². The van der Waals surface area contributed by atoms with Gasteiger partial charge in [0, 0.05) is 10.5 Å². The van der Waals surface area contributed by atoms with Crippen LogP contribution in [0.3, 0.4) is 0 Å². The standard InChI is InChI=1S/C19H21BrN2O/c1-14-9-10-17(16(20)12-14)21-19(23)13-22-11-5-8-18(22)15-6-3-2-4-7-15/h2-4,6-7,9-10,12,18H,5,8,11,13H2,1H3,(H,21,23). The summed E-state index contributed by atoms with van der Waals surface area (Å²) >= 11 is 3.51. The van der Waals surface area contributed by atoms with Gasteiger partial charge in [0.2, 0.25) is 5.91 Å². The number of nitrogens with one attached hydrogen (secondary N) is 1. The molecule has 0 radical (unpaired) electrons. The zero-order valence-corrected chi connectivity index (χ0v) is 14.8. The van der Waals surface area contributed by atoms with Gasteiger partial charge in [0.15, 0.2) is 0 Å². The molecule has 1 aliphatic rings. The number of hydrogen-bond acceptors (Lipinski definition) is 2. The molecule has 1 aliphatic heterocycles. The normalized spacial score (nSPS) is 18.1. The molecule has 0 aliphatic carbocycles. The van der Waals surface area contributed by atoms with Crippen molar-refractivity contribution in [2.45, 2.75) is 25.8 Å². The predicted molar refractivity (Wildman–Crippen MR) is 97.5 cm³/mol. The van der Waals surface area contributed by atoms with E-state index >= 15 is 0 Å². The van der Waals surface area contributed by atoms with Crippen molar-refractivity contribution in [2.75, 3.05) is 18.4 Å². The molecule has 0 saturated carbocycles. The van der Waals surface area contributed by atoms with E-state index in [0.717, 1.165) is 29.5 Å². The lowest BCUT2D eigenvalue weighted by molar-refractivity contribution is -0.117. The number of rotatable bonds is 4. The van der Waals surface area contributed by atoms with Crippen LogP contribution in [0.1, 0.15) is 30.0 Å². The predicted octanol–water partition coefficient (Wildman–Crippen LogP) is 4.53. The summed E-state index contributed by atoms with van der Waals surface area (Å²) in [7, 11) is 0. The molecule has 1 amide bonds. The van der Waals surface area contributed by atoms with Gasteiger partial charge in [-0.2, -0.15) is 0 Å². The average Bonchev–Trinajstić information content (AvgIpc) is 2.99. The van der Waals surface area contributed by atoms with Crippen LogP contribution in [0.4, 0.5) is 5.69 Å². The van der Waals surface area contributed by atoms with E-state index in [0.29, 0.717) is 12.6 Å². The Balaban J connectivity index is 1.65. The first-order valence-electron chi connectivity index (χ1n) is 7.98. The first-order chi connectivity index (χ1) is 11.1. The molecule has 2 aromatic rings. The van der Waals surface area contributed by atoms with Gasteiger partial charge in [-0.3, -0.25) is 9.69 Å². The minimum Gasteiger partial charge on any atom is -0.324 e. The highest BCUT2D eigenvalue weighted by Gasteiger charge is 2.27. The Labute approximate surface area is 145 Å². The second kappa shape index (κ2) is 7.28. The van der Waals surface area contributed by atoms with Crippen LogP contribution in [0.5, 0.6) is 0 Å². The number of carbonyl (C=O) groups is 1. The molecule has 1 unspecified atom stereocenters. The number of aryl methyl sites for hydroxylation is 1. The summed E-state index contributed by atoms with van der Waals surface area (Å²) in [6.07, 6.45) is 2.26. The molecule has 1 atom stereocenters. The van der Waals surface area contributed by atoms with Crippen LogP contribution in [-0.2, 0) is 4.79 Å². The van der Waals surface area contributed by atoms with E-state index in [1.165, 1.54) is 11.1 Å². The lowest BCUT2D eigenvalue weighted by Crippen LogP contribution is -2.33. The highest BCUT2D eigenvalue weighted by atomic mass is 79.9. The molecule has 120 valence electrons. The number of amides is 1. The zero-order valence-electron chi connectivity index (χ0n) is 13.3. The molecule has 4 heteroatoms. The fourth-order valence-electron chi connectivity index (χ4n) is 3.16. The minimum absolute atomic E-state index is 0.0392. The molecule has 3 rings (SSSR count). The van der Waals surface area contributed by atoms with E-state index < -0.39 is 0 Å².